The number of hydrogen-bond donors (Lipinski definition) is 2. The fraction of sp³-hybridized carbons (Fsp3) is 0.500. The molecule has 112 valence electrons. The van der Waals surface area contributed by atoms with Crippen LogP contribution >= 0.6 is 34.8 Å². The lowest BCUT2D eigenvalue weighted by molar-refractivity contribution is -0.122. The summed E-state index contributed by atoms with van der Waals surface area (Å²) >= 11 is 17.8. The van der Waals surface area contributed by atoms with Crippen LogP contribution in [-0.4, -0.2) is 15.9 Å². The highest BCUT2D eigenvalue weighted by molar-refractivity contribution is 6.68. The van der Waals surface area contributed by atoms with Crippen molar-refractivity contribution in [2.45, 2.75) is 37.2 Å². The number of hydrogen-bond acceptors (Lipinski definition) is 2. The molecule has 0 aliphatic rings. The second-order valence-corrected chi connectivity index (χ2v) is 7.47. The molecule has 2 N–H and O–H groups in total. The van der Waals surface area contributed by atoms with E-state index in [-0.39, 0.29) is 11.8 Å². The topological polar surface area (TPSA) is 41.1 Å². The number of halogens is 3. The molecule has 0 aromatic heterocycles. The number of nitrogens with one attached hydrogen (secondary N) is 2. The molecule has 6 heteroatoms. The maximum atomic E-state index is 11.9. The third-order valence-electron chi connectivity index (χ3n) is 2.67. The van der Waals surface area contributed by atoms with E-state index in [0.29, 0.717) is 6.42 Å². The van der Waals surface area contributed by atoms with Crippen LogP contribution in [0.3, 0.4) is 0 Å². The van der Waals surface area contributed by atoms with Crippen LogP contribution in [0.5, 0.6) is 0 Å². The zero-order valence-corrected chi connectivity index (χ0v) is 14.0. The second kappa shape index (κ2) is 7.39. The molecule has 1 aromatic rings. The number of carbonyl (C=O) groups is 1. The number of para-hydroxylation sites is 1. The molecule has 1 amide bonds. The first-order valence-corrected chi connectivity index (χ1v) is 7.51. The van der Waals surface area contributed by atoms with Crippen LogP contribution in [0.4, 0.5) is 5.69 Å². The Kier molecular flexibility index (Phi) is 6.44. The largest absolute Gasteiger partial charge is 0.362 e. The van der Waals surface area contributed by atoms with Gasteiger partial charge in [-0.25, -0.2) is 0 Å². The van der Waals surface area contributed by atoms with Crippen molar-refractivity contribution in [3.63, 3.8) is 0 Å². The van der Waals surface area contributed by atoms with Crippen molar-refractivity contribution in [1.29, 1.82) is 0 Å². The number of rotatable bonds is 5. The summed E-state index contributed by atoms with van der Waals surface area (Å²) < 4.78 is -1.64. The van der Waals surface area contributed by atoms with E-state index in [4.69, 9.17) is 34.8 Å². The second-order valence-electron chi connectivity index (χ2n) is 5.10. The summed E-state index contributed by atoms with van der Waals surface area (Å²) in [6.07, 6.45) is -0.410. The highest BCUT2D eigenvalue weighted by Gasteiger charge is 2.34. The molecular formula is C14H19Cl3N2O. The van der Waals surface area contributed by atoms with Crippen LogP contribution in [0.2, 0.25) is 0 Å². The zero-order chi connectivity index (χ0) is 15.3. The van der Waals surface area contributed by atoms with Gasteiger partial charge in [0.05, 0.1) is 0 Å². The van der Waals surface area contributed by atoms with Crippen LogP contribution in [-0.2, 0) is 4.79 Å². The van der Waals surface area contributed by atoms with E-state index in [1.807, 2.05) is 45.0 Å². The molecule has 0 saturated heterocycles. The Morgan fingerprint density at radius 2 is 1.85 bits per heavy atom. The molecule has 0 radical (unpaired) electrons. The van der Waals surface area contributed by atoms with Gasteiger partial charge in [-0.3, -0.25) is 4.79 Å². The van der Waals surface area contributed by atoms with Gasteiger partial charge in [0, 0.05) is 12.1 Å². The quantitative estimate of drug-likeness (QED) is 0.622. The van der Waals surface area contributed by atoms with Gasteiger partial charge in [0.25, 0.3) is 0 Å². The molecule has 3 nitrogen and oxygen atoms in total. The van der Waals surface area contributed by atoms with Gasteiger partial charge < -0.3 is 10.6 Å². The molecule has 0 saturated carbocycles. The Labute approximate surface area is 135 Å². The minimum absolute atomic E-state index is 0.155. The van der Waals surface area contributed by atoms with Crippen LogP contribution in [0.25, 0.3) is 0 Å². The van der Waals surface area contributed by atoms with Crippen LogP contribution in [0, 0.1) is 12.8 Å². The van der Waals surface area contributed by atoms with Crippen LogP contribution < -0.4 is 10.6 Å². The van der Waals surface area contributed by atoms with Crippen molar-refractivity contribution < 1.29 is 4.79 Å². The lowest BCUT2D eigenvalue weighted by atomic mass is 10.1. The lowest BCUT2D eigenvalue weighted by Gasteiger charge is -2.28. The van der Waals surface area contributed by atoms with E-state index in [2.05, 4.69) is 10.6 Å². The van der Waals surface area contributed by atoms with Gasteiger partial charge in [-0.1, -0.05) is 66.8 Å². The van der Waals surface area contributed by atoms with Crippen molar-refractivity contribution in [2.75, 3.05) is 5.32 Å². The first-order chi connectivity index (χ1) is 9.20. The number of aryl methyl sites for hydroxylation is 1. The molecule has 1 aromatic carbocycles. The summed E-state index contributed by atoms with van der Waals surface area (Å²) in [5.74, 6) is 0.0851. The van der Waals surface area contributed by atoms with Crippen molar-refractivity contribution in [3.8, 4) is 0 Å². The van der Waals surface area contributed by atoms with Gasteiger partial charge in [0.1, 0.15) is 6.17 Å². The SMILES string of the molecule is Cc1ccccc1N[C@H](NC(=O)CC(C)C)C(Cl)(Cl)Cl. The molecule has 1 rings (SSSR count). The minimum atomic E-state index is -1.64. The number of alkyl halides is 3. The van der Waals surface area contributed by atoms with Gasteiger partial charge in [-0.15, -0.1) is 0 Å². The first-order valence-electron chi connectivity index (χ1n) is 6.38. The number of amides is 1. The molecular weight excluding hydrogens is 319 g/mol. The summed E-state index contributed by atoms with van der Waals surface area (Å²) in [5.41, 5.74) is 1.82. The summed E-state index contributed by atoms with van der Waals surface area (Å²) in [7, 11) is 0. The average Bonchev–Trinajstić information content (AvgIpc) is 2.28. The average molecular weight is 338 g/mol. The molecule has 0 aliphatic heterocycles. The van der Waals surface area contributed by atoms with E-state index in [9.17, 15) is 4.79 Å². The standard InChI is InChI=1S/C14H19Cl3N2O/c1-9(2)8-12(20)19-13(14(15,16)17)18-11-7-5-4-6-10(11)3/h4-7,9,13,18H,8H2,1-3H3,(H,19,20)/t13-/m1/s1. The number of benzene rings is 1. The third kappa shape index (κ3) is 5.78. The molecule has 0 bridgehead atoms. The van der Waals surface area contributed by atoms with Gasteiger partial charge in [-0.2, -0.15) is 0 Å². The van der Waals surface area contributed by atoms with Crippen molar-refractivity contribution in [1.82, 2.24) is 5.32 Å². The first kappa shape index (κ1) is 17.4. The fourth-order valence-corrected chi connectivity index (χ4v) is 2.01. The zero-order valence-electron chi connectivity index (χ0n) is 11.7. The molecule has 0 spiro atoms. The molecule has 1 atom stereocenters. The van der Waals surface area contributed by atoms with E-state index < -0.39 is 9.96 Å². The Morgan fingerprint density at radius 3 is 2.35 bits per heavy atom. The predicted molar refractivity (Wildman–Crippen MR) is 86.5 cm³/mol. The molecule has 0 aliphatic carbocycles. The van der Waals surface area contributed by atoms with Gasteiger partial charge >= 0.3 is 0 Å². The maximum absolute atomic E-state index is 11.9. The summed E-state index contributed by atoms with van der Waals surface area (Å²) in [6.45, 7) is 5.85. The smallest absolute Gasteiger partial charge is 0.228 e. The normalized spacial score (nSPS) is 13.2. The molecule has 0 unspecified atom stereocenters. The van der Waals surface area contributed by atoms with E-state index in [1.165, 1.54) is 0 Å². The predicted octanol–water partition coefficient (Wildman–Crippen LogP) is 4.27. The number of anilines is 1. The maximum Gasteiger partial charge on any atom is 0.228 e. The van der Waals surface area contributed by atoms with E-state index >= 15 is 0 Å². The van der Waals surface area contributed by atoms with Crippen molar-refractivity contribution in [3.05, 3.63) is 29.8 Å². The van der Waals surface area contributed by atoms with E-state index in [0.717, 1.165) is 11.3 Å². The molecule has 20 heavy (non-hydrogen) atoms. The highest BCUT2D eigenvalue weighted by Crippen LogP contribution is 2.31. The summed E-state index contributed by atoms with van der Waals surface area (Å²) in [4.78, 5) is 11.9. The third-order valence-corrected chi connectivity index (χ3v) is 3.33. The van der Waals surface area contributed by atoms with Crippen molar-refractivity contribution in [2.24, 2.45) is 5.92 Å². The monoisotopic (exact) mass is 336 g/mol. The Balaban J connectivity index is 2.81. The molecule has 0 heterocycles. The fourth-order valence-electron chi connectivity index (χ4n) is 1.68. The Bertz CT molecular complexity index is 458. The summed E-state index contributed by atoms with van der Waals surface area (Å²) in [5, 5.41) is 5.78. The molecule has 0 fully saturated rings. The Hall–Kier alpha value is -0.640. The van der Waals surface area contributed by atoms with Gasteiger partial charge in [-0.05, 0) is 24.5 Å². The number of carbonyl (C=O) groups excluding carboxylic acids is 1. The summed E-state index contributed by atoms with van der Waals surface area (Å²) in [6, 6.07) is 7.60. The van der Waals surface area contributed by atoms with Crippen molar-refractivity contribution >= 4 is 46.4 Å². The van der Waals surface area contributed by atoms with Crippen LogP contribution in [0.1, 0.15) is 25.8 Å². The van der Waals surface area contributed by atoms with Gasteiger partial charge in [0.2, 0.25) is 9.70 Å². The Morgan fingerprint density at radius 1 is 1.25 bits per heavy atom. The minimum Gasteiger partial charge on any atom is -0.362 e. The highest BCUT2D eigenvalue weighted by atomic mass is 35.6. The van der Waals surface area contributed by atoms with E-state index in [1.54, 1.807) is 0 Å². The van der Waals surface area contributed by atoms with Crippen LogP contribution in [0.15, 0.2) is 24.3 Å². The lowest BCUT2D eigenvalue weighted by Crippen LogP contribution is -2.49. The van der Waals surface area contributed by atoms with Gasteiger partial charge in [0.15, 0.2) is 0 Å².